The molecule has 1 saturated heterocycles. The fourth-order valence-corrected chi connectivity index (χ4v) is 7.65. The van der Waals surface area contributed by atoms with Gasteiger partial charge >= 0.3 is 0 Å². The molecule has 15 N–H and O–H groups in total. The maximum absolute atomic E-state index is 15.2. The normalized spacial score (nSPS) is 23.3. The zero-order valence-electron chi connectivity index (χ0n) is 36.8. The van der Waals surface area contributed by atoms with Crippen molar-refractivity contribution in [2.45, 2.75) is 28.2 Å². The number of phenolic OH excluding ortho intramolecular Hbond substituents is 10. The van der Waals surface area contributed by atoms with Gasteiger partial charge < -0.3 is 81.3 Å². The van der Waals surface area contributed by atoms with E-state index < -0.39 is 121 Å². The first-order valence-electron chi connectivity index (χ1n) is 20.7. The van der Waals surface area contributed by atoms with E-state index in [4.69, 9.17) is 4.74 Å². The number of aliphatic hydroxyl groups is 5. The Hall–Kier alpha value is -9.09. The van der Waals surface area contributed by atoms with Crippen molar-refractivity contribution in [2.75, 3.05) is 6.61 Å². The molecular weight excluding hydrogens is 949 g/mol. The second-order valence-electron chi connectivity index (χ2n) is 16.1. The number of hydrogen-bond acceptors (Lipinski definition) is 21. The van der Waals surface area contributed by atoms with Crippen molar-refractivity contribution in [2.24, 2.45) is 0 Å². The molecule has 0 spiro atoms. The minimum Gasteiger partial charge on any atom is -0.504 e. The average Bonchev–Trinajstić information content (AvgIpc) is 3.35. The fraction of sp³-hybridized carbons (Fsp3) is 0.118. The van der Waals surface area contributed by atoms with Crippen LogP contribution >= 0.6 is 0 Å². The van der Waals surface area contributed by atoms with Crippen LogP contribution in [0.5, 0.6) is 57.5 Å². The summed E-state index contributed by atoms with van der Waals surface area (Å²) in [6.07, 6.45) is 5.01. The molecule has 0 saturated carbocycles. The summed E-state index contributed by atoms with van der Waals surface area (Å²) in [5.41, 5.74) is -19.7. The van der Waals surface area contributed by atoms with Crippen LogP contribution in [0.1, 0.15) is 27.8 Å². The molecule has 1 aliphatic heterocycles. The molecule has 372 valence electrons. The van der Waals surface area contributed by atoms with Gasteiger partial charge in [0.2, 0.25) is 22.6 Å². The molecule has 72 heavy (non-hydrogen) atoms. The highest BCUT2D eigenvalue weighted by molar-refractivity contribution is 6.22. The van der Waals surface area contributed by atoms with Gasteiger partial charge in [-0.05, 0) is 119 Å². The van der Waals surface area contributed by atoms with E-state index in [0.717, 1.165) is 109 Å². The summed E-state index contributed by atoms with van der Waals surface area (Å²) in [6, 6.07) is 14.2. The van der Waals surface area contributed by atoms with Crippen LogP contribution in [0.25, 0.3) is 30.4 Å². The quantitative estimate of drug-likeness (QED) is 0.0497. The number of aliphatic hydroxyl groups excluding tert-OH is 1. The zero-order chi connectivity index (χ0) is 53.1. The third-order valence-corrected chi connectivity index (χ3v) is 11.6. The third-order valence-electron chi connectivity index (χ3n) is 11.6. The van der Waals surface area contributed by atoms with Crippen molar-refractivity contribution in [3.63, 3.8) is 0 Å². The van der Waals surface area contributed by atoms with Crippen LogP contribution in [-0.2, 0) is 28.7 Å². The number of hydrogen-bond donors (Lipinski definition) is 15. The van der Waals surface area contributed by atoms with Crippen LogP contribution in [0.4, 0.5) is 0 Å². The van der Waals surface area contributed by atoms with Crippen LogP contribution in [0, 0.1) is 0 Å². The second kappa shape index (κ2) is 19.7. The summed E-state index contributed by atoms with van der Waals surface area (Å²) in [7, 11) is 0. The molecule has 21 heteroatoms. The number of ether oxygens (including phenoxy) is 1. The number of phenols is 10. The molecule has 0 amide bonds. The molecule has 1 heterocycles. The predicted molar refractivity (Wildman–Crippen MR) is 250 cm³/mol. The minimum absolute atomic E-state index is 0.167. The third kappa shape index (κ3) is 8.99. The van der Waals surface area contributed by atoms with Crippen LogP contribution in [0.3, 0.4) is 0 Å². The molecule has 0 bridgehead atoms. The lowest BCUT2D eigenvalue weighted by Gasteiger charge is -2.63. The summed E-state index contributed by atoms with van der Waals surface area (Å²) in [6.45, 7) is -2.17. The summed E-state index contributed by atoms with van der Waals surface area (Å²) >= 11 is 0. The lowest BCUT2D eigenvalue weighted by Crippen LogP contribution is -2.94. The Labute approximate surface area is 405 Å². The number of benzene rings is 5. The van der Waals surface area contributed by atoms with E-state index in [2.05, 4.69) is 0 Å². The maximum atomic E-state index is 15.2. The zero-order valence-corrected chi connectivity index (χ0v) is 36.8. The molecule has 5 aromatic rings. The number of rotatable bonds is 16. The Bertz CT molecular complexity index is 3190. The standard InChI is InChI=1S/C51H42O21/c52-26-47(42(63)16-6-27-1-11-32(53)37(58)21-27)48(68,43(64)17-7-28-2-12-33(54)38(59)22-28)49(69,44(65)18-8-29-3-13-34(55)39(60)23-29)50(70,45(66)19-9-30-4-14-35(56)40(61)24-30)51(71,72-47)46(67)20-10-31-5-15-36(57)41(62)25-31/h1-25,52-62,68-71H,26H2/b16-6+,17-7+,18-8+,19-9+,20-10+/t47-,48+,49-,50-,51?/m0/s1. The lowest BCUT2D eigenvalue weighted by molar-refractivity contribution is -0.406. The van der Waals surface area contributed by atoms with Crippen molar-refractivity contribution in [1.82, 2.24) is 0 Å². The Kier molecular flexibility index (Phi) is 14.3. The van der Waals surface area contributed by atoms with Crippen LogP contribution < -0.4 is 0 Å². The smallest absolute Gasteiger partial charge is 0.273 e. The highest BCUT2D eigenvalue weighted by Crippen LogP contribution is 2.56. The van der Waals surface area contributed by atoms with E-state index in [1.165, 1.54) is 0 Å². The number of carbonyl (C=O) groups excluding carboxylic acids is 5. The van der Waals surface area contributed by atoms with Gasteiger partial charge in [0, 0.05) is 0 Å². The largest absolute Gasteiger partial charge is 0.504 e. The molecule has 5 atom stereocenters. The fourth-order valence-electron chi connectivity index (χ4n) is 7.65. The van der Waals surface area contributed by atoms with Gasteiger partial charge in [-0.2, -0.15) is 0 Å². The molecule has 6 rings (SSSR count). The van der Waals surface area contributed by atoms with E-state index >= 15 is 9.59 Å². The summed E-state index contributed by atoms with van der Waals surface area (Å²) in [5, 5.41) is 164. The van der Waals surface area contributed by atoms with Gasteiger partial charge in [-0.3, -0.25) is 24.0 Å². The van der Waals surface area contributed by atoms with Crippen molar-refractivity contribution < 1.29 is 105 Å². The van der Waals surface area contributed by atoms with E-state index in [-0.39, 0.29) is 52.1 Å². The first kappa shape index (κ1) is 52.3. The van der Waals surface area contributed by atoms with E-state index in [1.54, 1.807) is 0 Å². The van der Waals surface area contributed by atoms with Gasteiger partial charge in [-0.1, -0.05) is 60.7 Å². The first-order valence-corrected chi connectivity index (χ1v) is 20.7. The molecular formula is C51H42O21. The summed E-state index contributed by atoms with van der Waals surface area (Å²) in [4.78, 5) is 74.9. The summed E-state index contributed by atoms with van der Waals surface area (Å²) in [5.74, 6) is -22.6. The van der Waals surface area contributed by atoms with Gasteiger partial charge in [0.25, 0.3) is 5.79 Å². The van der Waals surface area contributed by atoms with E-state index in [1.807, 2.05) is 0 Å². The SMILES string of the molecule is O=C(/C=C/c1ccc(O)c(O)c1)C1(O)O[C@@](CO)(C(=O)/C=C/c2ccc(O)c(O)c2)[C@](O)(C(=O)/C=C/c2ccc(O)c(O)c2)[C@@](O)(C(=O)/C=C/c2ccc(O)c(O)c2)[C@@]1(O)C(=O)/C=C/c1ccc(O)c(O)c1. The predicted octanol–water partition coefficient (Wildman–Crippen LogP) is 2.10. The Morgan fingerprint density at radius 1 is 0.347 bits per heavy atom. The first-order chi connectivity index (χ1) is 33.8. The number of aromatic hydroxyl groups is 10. The van der Waals surface area contributed by atoms with Gasteiger partial charge in [0.05, 0.1) is 6.61 Å². The van der Waals surface area contributed by atoms with Gasteiger partial charge in [0.15, 0.2) is 86.2 Å². The molecule has 5 aromatic carbocycles. The minimum atomic E-state index is -4.93. The number of ketones is 5. The molecule has 21 nitrogen and oxygen atoms in total. The summed E-state index contributed by atoms with van der Waals surface area (Å²) < 4.78 is 5.65. The van der Waals surface area contributed by atoms with Gasteiger partial charge in [0.1, 0.15) is 0 Å². The second-order valence-corrected chi connectivity index (χ2v) is 16.1. The molecule has 0 aromatic heterocycles. The topological polar surface area (TPSA) is 398 Å². The molecule has 0 aliphatic carbocycles. The highest BCUT2D eigenvalue weighted by Gasteiger charge is 2.89. The van der Waals surface area contributed by atoms with Gasteiger partial charge in [-0.25, -0.2) is 0 Å². The van der Waals surface area contributed by atoms with Crippen molar-refractivity contribution in [3.05, 3.63) is 149 Å². The number of carbonyl (C=O) groups is 5. The molecule has 1 unspecified atom stereocenters. The maximum Gasteiger partial charge on any atom is 0.273 e. The van der Waals surface area contributed by atoms with Crippen LogP contribution in [0.15, 0.2) is 121 Å². The lowest BCUT2D eigenvalue weighted by atomic mass is 9.52. The van der Waals surface area contributed by atoms with Crippen LogP contribution in [0.2, 0.25) is 0 Å². The Morgan fingerprint density at radius 2 is 0.597 bits per heavy atom. The Balaban J connectivity index is 1.74. The Morgan fingerprint density at radius 3 is 0.875 bits per heavy atom. The van der Waals surface area contributed by atoms with Crippen molar-refractivity contribution >= 4 is 59.3 Å². The molecule has 0 radical (unpaired) electrons. The highest BCUT2D eigenvalue weighted by atomic mass is 16.7. The van der Waals surface area contributed by atoms with E-state index in [9.17, 15) is 91.0 Å². The average molecular weight is 991 g/mol. The van der Waals surface area contributed by atoms with Gasteiger partial charge in [-0.15, -0.1) is 0 Å². The van der Waals surface area contributed by atoms with Crippen molar-refractivity contribution in [1.29, 1.82) is 0 Å². The molecule has 1 aliphatic rings. The van der Waals surface area contributed by atoms with Crippen LogP contribution in [-0.4, -0.2) is 140 Å². The van der Waals surface area contributed by atoms with Crippen molar-refractivity contribution in [3.8, 4) is 57.5 Å². The van der Waals surface area contributed by atoms with E-state index in [0.29, 0.717) is 18.2 Å². The molecule has 1 fully saturated rings. The monoisotopic (exact) mass is 990 g/mol.